The molecular weight excluding hydrogens is 212 g/mol. The number of thiazole rings is 1. The predicted octanol–water partition coefficient (Wildman–Crippen LogP) is 1.20. The number of aryl methyl sites for hydroxylation is 1. The average molecular weight is 228 g/mol. The third-order valence-corrected chi connectivity index (χ3v) is 3.38. The predicted molar refractivity (Wildman–Crippen MR) is 60.0 cm³/mol. The number of carbonyl (C=O) groups excluding carboxylic acids is 1. The van der Waals surface area contributed by atoms with Gasteiger partial charge in [-0.25, -0.2) is 4.98 Å². The molecule has 1 rings (SSSR count). The largest absolute Gasteiger partial charge is 0.396 e. The first-order valence-electron chi connectivity index (χ1n) is 4.88. The zero-order chi connectivity index (χ0) is 11.4. The van der Waals surface area contributed by atoms with Gasteiger partial charge in [0.1, 0.15) is 4.88 Å². The maximum atomic E-state index is 11.7. The lowest BCUT2D eigenvalue weighted by Gasteiger charge is -2.18. The van der Waals surface area contributed by atoms with Gasteiger partial charge in [0.05, 0.1) is 11.2 Å². The Bertz CT molecular complexity index is 338. The lowest BCUT2D eigenvalue weighted by atomic mass is 10.1. The summed E-state index contributed by atoms with van der Waals surface area (Å²) in [5.74, 6) is -0.0509. The smallest absolute Gasteiger partial charge is 0.263 e. The second-order valence-electron chi connectivity index (χ2n) is 3.69. The molecule has 15 heavy (non-hydrogen) atoms. The van der Waals surface area contributed by atoms with Crippen molar-refractivity contribution in [1.29, 1.82) is 0 Å². The number of aliphatic hydroxyl groups is 1. The Balaban J connectivity index is 2.60. The lowest BCUT2D eigenvalue weighted by Crippen LogP contribution is -2.38. The van der Waals surface area contributed by atoms with Gasteiger partial charge in [0.15, 0.2) is 0 Å². The van der Waals surface area contributed by atoms with Gasteiger partial charge in [-0.05, 0) is 19.8 Å². The maximum absolute atomic E-state index is 11.7. The summed E-state index contributed by atoms with van der Waals surface area (Å²) in [6.07, 6.45) is 0. The first-order chi connectivity index (χ1) is 7.06. The molecule has 2 atom stereocenters. The number of rotatable bonds is 4. The molecule has 2 unspecified atom stereocenters. The normalized spacial score (nSPS) is 14.7. The van der Waals surface area contributed by atoms with Gasteiger partial charge >= 0.3 is 0 Å². The van der Waals surface area contributed by atoms with Crippen molar-refractivity contribution in [3.63, 3.8) is 0 Å². The van der Waals surface area contributed by atoms with Crippen LogP contribution in [0.5, 0.6) is 0 Å². The number of hydrogen-bond acceptors (Lipinski definition) is 4. The average Bonchev–Trinajstić information content (AvgIpc) is 2.63. The summed E-state index contributed by atoms with van der Waals surface area (Å²) in [4.78, 5) is 16.4. The number of nitrogens with zero attached hydrogens (tertiary/aromatic N) is 1. The van der Waals surface area contributed by atoms with E-state index in [0.29, 0.717) is 4.88 Å². The Labute approximate surface area is 93.4 Å². The van der Waals surface area contributed by atoms with E-state index in [0.717, 1.165) is 5.69 Å². The van der Waals surface area contributed by atoms with Crippen LogP contribution in [0, 0.1) is 12.8 Å². The van der Waals surface area contributed by atoms with E-state index < -0.39 is 0 Å². The van der Waals surface area contributed by atoms with Crippen LogP contribution in [0.3, 0.4) is 0 Å². The van der Waals surface area contributed by atoms with Crippen molar-refractivity contribution in [3.05, 3.63) is 16.1 Å². The second kappa shape index (κ2) is 5.23. The van der Waals surface area contributed by atoms with E-state index in [2.05, 4.69) is 10.3 Å². The van der Waals surface area contributed by atoms with Crippen molar-refractivity contribution in [1.82, 2.24) is 10.3 Å². The molecule has 0 fully saturated rings. The highest BCUT2D eigenvalue weighted by Gasteiger charge is 2.17. The summed E-state index contributed by atoms with van der Waals surface area (Å²) in [6.45, 7) is 5.66. The van der Waals surface area contributed by atoms with Crippen LogP contribution in [0.1, 0.15) is 29.2 Å². The third kappa shape index (κ3) is 3.00. The van der Waals surface area contributed by atoms with Crippen LogP contribution in [0.4, 0.5) is 0 Å². The molecule has 0 radical (unpaired) electrons. The van der Waals surface area contributed by atoms with Crippen LogP contribution >= 0.6 is 11.3 Å². The van der Waals surface area contributed by atoms with Crippen LogP contribution < -0.4 is 5.32 Å². The Hall–Kier alpha value is -0.940. The SMILES string of the molecule is Cc1ncsc1C(=O)NC(C)C(C)CO. The van der Waals surface area contributed by atoms with Crippen molar-refractivity contribution in [3.8, 4) is 0 Å². The van der Waals surface area contributed by atoms with Crippen molar-refractivity contribution in [2.45, 2.75) is 26.8 Å². The molecule has 0 aliphatic carbocycles. The zero-order valence-corrected chi connectivity index (χ0v) is 9.97. The highest BCUT2D eigenvalue weighted by atomic mass is 32.1. The fourth-order valence-corrected chi connectivity index (χ4v) is 1.80. The minimum atomic E-state index is -0.109. The molecule has 2 N–H and O–H groups in total. The van der Waals surface area contributed by atoms with Crippen LogP contribution in [-0.2, 0) is 0 Å². The number of nitrogens with one attached hydrogen (secondary N) is 1. The molecule has 0 aliphatic rings. The third-order valence-electron chi connectivity index (χ3n) is 2.45. The van der Waals surface area contributed by atoms with Crippen LogP contribution in [0.15, 0.2) is 5.51 Å². The van der Waals surface area contributed by atoms with Gasteiger partial charge in [0.2, 0.25) is 0 Å². The first kappa shape index (κ1) is 12.1. The van der Waals surface area contributed by atoms with Crippen molar-refractivity contribution in [2.75, 3.05) is 6.61 Å². The van der Waals surface area contributed by atoms with Gasteiger partial charge in [-0.2, -0.15) is 0 Å². The fourth-order valence-electron chi connectivity index (χ4n) is 1.09. The molecule has 4 nitrogen and oxygen atoms in total. The van der Waals surface area contributed by atoms with Crippen molar-refractivity contribution in [2.24, 2.45) is 5.92 Å². The second-order valence-corrected chi connectivity index (χ2v) is 4.54. The molecule has 1 heterocycles. The molecule has 0 saturated heterocycles. The number of hydrogen-bond donors (Lipinski definition) is 2. The van der Waals surface area contributed by atoms with Gasteiger partial charge in [-0.3, -0.25) is 4.79 Å². The molecule has 0 aromatic carbocycles. The summed E-state index contributed by atoms with van der Waals surface area (Å²) in [5.41, 5.74) is 2.41. The topological polar surface area (TPSA) is 62.2 Å². The highest BCUT2D eigenvalue weighted by Crippen LogP contribution is 2.12. The molecule has 84 valence electrons. The highest BCUT2D eigenvalue weighted by molar-refractivity contribution is 7.11. The lowest BCUT2D eigenvalue weighted by molar-refractivity contribution is 0.0919. The Morgan fingerprint density at radius 2 is 2.33 bits per heavy atom. The summed E-state index contributed by atoms with van der Waals surface area (Å²) in [7, 11) is 0. The number of amides is 1. The summed E-state index contributed by atoms with van der Waals surface area (Å²) in [6, 6.07) is -0.0380. The van der Waals surface area contributed by atoms with Gasteiger partial charge in [0.25, 0.3) is 5.91 Å². The summed E-state index contributed by atoms with van der Waals surface area (Å²) >= 11 is 1.33. The monoisotopic (exact) mass is 228 g/mol. The zero-order valence-electron chi connectivity index (χ0n) is 9.15. The molecule has 1 aromatic heterocycles. The molecule has 5 heteroatoms. The van der Waals surface area contributed by atoms with E-state index >= 15 is 0 Å². The fraction of sp³-hybridized carbons (Fsp3) is 0.600. The minimum Gasteiger partial charge on any atom is -0.396 e. The Morgan fingerprint density at radius 3 is 2.80 bits per heavy atom. The van der Waals surface area contributed by atoms with Gasteiger partial charge < -0.3 is 10.4 Å². The Morgan fingerprint density at radius 1 is 1.67 bits per heavy atom. The molecule has 0 bridgehead atoms. The summed E-state index contributed by atoms with van der Waals surface area (Å²) < 4.78 is 0. The molecular formula is C10H16N2O2S. The van der Waals surface area contributed by atoms with E-state index in [1.807, 2.05) is 20.8 Å². The van der Waals surface area contributed by atoms with E-state index in [1.165, 1.54) is 11.3 Å². The standard InChI is InChI=1S/C10H16N2O2S/c1-6(4-13)7(2)12-10(14)9-8(3)11-5-15-9/h5-7,13H,4H2,1-3H3,(H,12,14). The van der Waals surface area contributed by atoms with E-state index in [1.54, 1.807) is 5.51 Å². The molecule has 1 amide bonds. The van der Waals surface area contributed by atoms with Crippen molar-refractivity contribution >= 4 is 17.2 Å². The minimum absolute atomic E-state index is 0.0380. The quantitative estimate of drug-likeness (QED) is 0.814. The first-order valence-corrected chi connectivity index (χ1v) is 5.76. The van der Waals surface area contributed by atoms with Crippen LogP contribution in [0.2, 0.25) is 0 Å². The van der Waals surface area contributed by atoms with Crippen LogP contribution in [-0.4, -0.2) is 28.6 Å². The van der Waals surface area contributed by atoms with Gasteiger partial charge in [-0.1, -0.05) is 6.92 Å². The Kier molecular flexibility index (Phi) is 4.23. The van der Waals surface area contributed by atoms with E-state index in [9.17, 15) is 4.79 Å². The van der Waals surface area contributed by atoms with Gasteiger partial charge in [0, 0.05) is 12.6 Å². The number of carbonyl (C=O) groups is 1. The van der Waals surface area contributed by atoms with Crippen LogP contribution in [0.25, 0.3) is 0 Å². The molecule has 0 saturated carbocycles. The van der Waals surface area contributed by atoms with Gasteiger partial charge in [-0.15, -0.1) is 11.3 Å². The number of aromatic nitrogens is 1. The van der Waals surface area contributed by atoms with Crippen molar-refractivity contribution < 1.29 is 9.90 Å². The van der Waals surface area contributed by atoms with E-state index in [-0.39, 0.29) is 24.5 Å². The summed E-state index contributed by atoms with van der Waals surface area (Å²) in [5, 5.41) is 11.8. The maximum Gasteiger partial charge on any atom is 0.263 e. The molecule has 1 aromatic rings. The molecule has 0 spiro atoms. The molecule has 0 aliphatic heterocycles. The van der Waals surface area contributed by atoms with E-state index in [4.69, 9.17) is 5.11 Å². The number of aliphatic hydroxyl groups excluding tert-OH is 1.